The number of ether oxygens (including phenoxy) is 1. The number of aryl methyl sites for hydroxylation is 1. The number of carboxylic acid groups (broad SMARTS) is 5. The Balaban J connectivity index is 1.20. The third-order valence-electron chi connectivity index (χ3n) is 23.2. The second-order valence-corrected chi connectivity index (χ2v) is 37.3. The van der Waals surface area contributed by atoms with Crippen LogP contribution >= 0.6 is 11.8 Å². The number of fused-ring (bicyclic) bond motifs is 2. The Morgan fingerprint density at radius 1 is 0.573 bits per heavy atom. The zero-order valence-electron chi connectivity index (χ0n) is 76.6. The van der Waals surface area contributed by atoms with Gasteiger partial charge in [-0.3, -0.25) is 90.9 Å². The Bertz CT molecular complexity index is 4800. The molecule has 3 aliphatic rings. The molecule has 0 saturated carbocycles. The minimum Gasteiger partial charge on any atom is -0.481 e. The van der Waals surface area contributed by atoms with Gasteiger partial charge in [0.25, 0.3) is 10.1 Å². The number of likely N-dealkylation sites (tertiary alicyclic amines) is 1. The third kappa shape index (κ3) is 35.8. The van der Waals surface area contributed by atoms with Gasteiger partial charge in [0.1, 0.15) is 25.0 Å². The molecule has 7 amide bonds. The summed E-state index contributed by atoms with van der Waals surface area (Å²) in [6.45, 7) is 19.1. The summed E-state index contributed by atoms with van der Waals surface area (Å²) >= 11 is 1.27. The van der Waals surface area contributed by atoms with Crippen molar-refractivity contribution in [2.45, 2.75) is 275 Å². The number of carbonyl (C=O) groups is 18. The van der Waals surface area contributed by atoms with Crippen LogP contribution in [0.15, 0.2) is 89.5 Å². The molecule has 2 aromatic rings. The molecule has 1 fully saturated rings. The van der Waals surface area contributed by atoms with Crippen molar-refractivity contribution >= 4 is 145 Å². The molecule has 3 heterocycles. The number of carbonyl (C=O) groups excluding carboxylic acids is 13. The van der Waals surface area contributed by atoms with Crippen LogP contribution < -0.4 is 36.8 Å². The third-order valence-corrected chi connectivity index (χ3v) is 24.8. The van der Waals surface area contributed by atoms with Crippen LogP contribution in [0.2, 0.25) is 0 Å². The number of aliphatic carboxylic acids is 5. The number of amides is 7. The van der Waals surface area contributed by atoms with E-state index in [4.69, 9.17) is 4.74 Å². The van der Waals surface area contributed by atoms with Crippen molar-refractivity contribution in [3.63, 3.8) is 0 Å². The highest BCUT2D eigenvalue weighted by molar-refractivity contribution is 7.98. The van der Waals surface area contributed by atoms with E-state index in [9.17, 15) is 125 Å². The van der Waals surface area contributed by atoms with E-state index >= 15 is 0 Å². The van der Waals surface area contributed by atoms with Crippen LogP contribution in [-0.2, 0) is 112 Å². The number of unbranched alkanes of at least 4 members (excludes halogenated alkanes) is 2. The number of anilines is 1. The van der Waals surface area contributed by atoms with Crippen molar-refractivity contribution < 1.29 is 134 Å². The van der Waals surface area contributed by atoms with Crippen LogP contribution in [0, 0.1) is 30.6 Å². The second-order valence-electron chi connectivity index (χ2n) is 34.9. The van der Waals surface area contributed by atoms with Crippen LogP contribution in [0.25, 0.3) is 0 Å². The Kier molecular flexibility index (Phi) is 44.9. The first kappa shape index (κ1) is 110. The molecular formula is C93H130N9O27S2+. The first-order valence-corrected chi connectivity index (χ1v) is 47.2. The number of rotatable bonds is 62. The summed E-state index contributed by atoms with van der Waals surface area (Å²) in [5, 5.41) is 63.8. The van der Waals surface area contributed by atoms with Gasteiger partial charge >= 0.3 is 29.8 Å². The molecule has 0 spiro atoms. The molecule has 720 valence electrons. The average Bonchev–Trinajstić information content (AvgIpc) is 1.56. The highest BCUT2D eigenvalue weighted by atomic mass is 32.2. The maximum atomic E-state index is 14.4. The SMILES string of the molecule is CC[N+]1=C(/C=C/C=C/C=C/C=C2/N(CCCCCC(=O)N[C@H](CCC(=O)O)C(=O)C[C@H](CCC(=O)O)C(=O)N[C@H](CCC(=O)O)C(=O)C[C@H](CCC(=O)O)C(=O)N[C@H](CCC(=O)O)C(=O)CCCOCC(=O)N3CCCC3C(=O)N[C@@H](CC(C)C)C(=O)CCC(=O)N[C@@H](CSC)C(=O)C[C@@H](C)C(=O)NCC(C)=O)c3ccc(S(=O)(=O)O)cc3C2(C)C)C(C)(C)c2cc(C)ccc21. The Morgan fingerprint density at radius 2 is 1.11 bits per heavy atom. The Hall–Kier alpha value is -11.3. The van der Waals surface area contributed by atoms with Crippen LogP contribution in [-0.4, -0.2) is 247 Å². The van der Waals surface area contributed by atoms with E-state index in [-0.39, 0.29) is 98.8 Å². The molecule has 9 atom stereocenters. The number of nitrogens with zero attached hydrogens (tertiary/aromatic N) is 3. The molecule has 0 aliphatic carbocycles. The highest BCUT2D eigenvalue weighted by Crippen LogP contribution is 2.49. The fourth-order valence-electron chi connectivity index (χ4n) is 16.1. The van der Waals surface area contributed by atoms with E-state index in [1.165, 1.54) is 59.5 Å². The molecule has 3 aliphatic heterocycles. The number of nitrogens with one attached hydrogen (secondary N) is 6. The van der Waals surface area contributed by atoms with Gasteiger partial charge in [-0.05, 0) is 153 Å². The lowest BCUT2D eigenvalue weighted by molar-refractivity contribution is -0.433. The number of allylic oxidation sites excluding steroid dienone is 8. The standard InChI is InChI=1S/C93H129N9O27S2/c1-12-100-70-35-28-57(4)48-63(70)92(7,8)78(100)25-17-14-13-15-18-26-79-93(9,10)64-52-62(131(126,127)128)31-36-71(64)101(79)44-20-16-19-27-80(109)95-66(33-42-86(118)119)76(107)50-60(29-39-83(112)113)90(124)98-67(34-43-87(120)121)77(108)51-61(30-40-84(114)115)89(123)97-65(32-41-85(116)117)73(104)24-22-46-129-54-82(111)102-45-21-23-72(102)91(125)99-68(47-56(2)3)74(105)37-38-81(110)96-69(55-130-11)75(106)49-58(5)88(122)94-53-59(6)103/h13-15,17-18,25-26,28,31,35-36,48,52,56,58,60-61,65-69,72H,12,16,19-24,27,29-30,32-34,37-47,49-51,53-55H2,1-11H3,(H11-,94,95,96,97,98,99,109,110,112,113,114,115,116,117,118,119,120,121,122,123,124,125,126,127,128)/p+1/t58-,60+,61+,65-,66-,67-,68+,69+,72?/m1/s1. The summed E-state index contributed by atoms with van der Waals surface area (Å²) in [5.74, 6) is -20.5. The van der Waals surface area contributed by atoms with Crippen LogP contribution in [0.5, 0.6) is 0 Å². The molecule has 131 heavy (non-hydrogen) atoms. The zero-order valence-corrected chi connectivity index (χ0v) is 78.2. The Morgan fingerprint density at radius 3 is 1.66 bits per heavy atom. The molecule has 0 radical (unpaired) electrons. The zero-order chi connectivity index (χ0) is 97.8. The van der Waals surface area contributed by atoms with E-state index in [1.807, 2.05) is 69.1 Å². The highest BCUT2D eigenvalue weighted by Gasteiger charge is 2.45. The molecule has 36 nitrogen and oxygen atoms in total. The van der Waals surface area contributed by atoms with E-state index in [0.29, 0.717) is 37.1 Å². The van der Waals surface area contributed by atoms with Gasteiger partial charge in [-0.15, -0.1) is 0 Å². The van der Waals surface area contributed by atoms with Crippen molar-refractivity contribution in [1.82, 2.24) is 36.8 Å². The van der Waals surface area contributed by atoms with Crippen LogP contribution in [0.1, 0.15) is 233 Å². The largest absolute Gasteiger partial charge is 0.481 e. The summed E-state index contributed by atoms with van der Waals surface area (Å²) in [7, 11) is -4.59. The number of carboxylic acids is 5. The van der Waals surface area contributed by atoms with Gasteiger partial charge in [-0.1, -0.05) is 83.0 Å². The molecule has 38 heteroatoms. The lowest BCUT2D eigenvalue weighted by Gasteiger charge is -2.27. The van der Waals surface area contributed by atoms with Gasteiger partial charge in [0.05, 0.1) is 47.1 Å². The average molecular weight is 1870 g/mol. The minimum absolute atomic E-state index is 0.120. The van der Waals surface area contributed by atoms with Crippen LogP contribution in [0.3, 0.4) is 0 Å². The maximum absolute atomic E-state index is 14.4. The van der Waals surface area contributed by atoms with Gasteiger partial charge in [-0.25, -0.2) is 0 Å². The van der Waals surface area contributed by atoms with Gasteiger partial charge in [0.15, 0.2) is 34.6 Å². The molecule has 12 N–H and O–H groups in total. The quantitative estimate of drug-likeness (QED) is 0.0130. The fourth-order valence-corrected chi connectivity index (χ4v) is 17.2. The number of thioether (sulfide) groups is 1. The normalized spacial score (nSPS) is 16.6. The number of ketones is 6. The summed E-state index contributed by atoms with van der Waals surface area (Å²) < 4.78 is 42.7. The Labute approximate surface area is 768 Å². The van der Waals surface area contributed by atoms with Gasteiger partial charge in [0, 0.05) is 155 Å². The fraction of sp³-hybridized carbons (Fsp3) is 0.581. The van der Waals surface area contributed by atoms with Crippen molar-refractivity contribution in [3.05, 3.63) is 101 Å². The van der Waals surface area contributed by atoms with Crippen molar-refractivity contribution in [2.75, 3.05) is 56.3 Å². The molecule has 1 unspecified atom stereocenters. The van der Waals surface area contributed by atoms with Crippen molar-refractivity contribution in [1.29, 1.82) is 0 Å². The predicted molar refractivity (Wildman–Crippen MR) is 485 cm³/mol. The number of hydrogen-bond acceptors (Lipinski definition) is 23. The summed E-state index contributed by atoms with van der Waals surface area (Å²) in [6.07, 6.45) is 7.20. The lowest BCUT2D eigenvalue weighted by Crippen LogP contribution is -2.52. The number of Topliss-reactive ketones (excluding diaryl/α,β-unsaturated/α-hetero) is 6. The van der Waals surface area contributed by atoms with Gasteiger partial charge in [-0.2, -0.15) is 24.8 Å². The molecule has 5 rings (SSSR count). The summed E-state index contributed by atoms with van der Waals surface area (Å²) in [5.41, 5.74) is 5.87. The first-order chi connectivity index (χ1) is 61.6. The lowest BCUT2D eigenvalue weighted by atomic mass is 9.81. The molecule has 2 aromatic carbocycles. The van der Waals surface area contributed by atoms with E-state index < -0.39 is 260 Å². The monoisotopic (exact) mass is 1870 g/mol. The number of benzene rings is 2. The second kappa shape index (κ2) is 53.3. The summed E-state index contributed by atoms with van der Waals surface area (Å²) in [6, 6.07) is 2.78. The van der Waals surface area contributed by atoms with Gasteiger partial charge in [0.2, 0.25) is 47.0 Å². The van der Waals surface area contributed by atoms with E-state index in [2.05, 4.69) is 88.4 Å². The van der Waals surface area contributed by atoms with E-state index in [0.717, 1.165) is 18.0 Å². The van der Waals surface area contributed by atoms with Crippen molar-refractivity contribution in [3.8, 4) is 0 Å². The maximum Gasteiger partial charge on any atom is 0.303 e. The summed E-state index contributed by atoms with van der Waals surface area (Å²) in [4.78, 5) is 239. The molecular weight excluding hydrogens is 1740 g/mol. The van der Waals surface area contributed by atoms with Gasteiger partial charge < -0.3 is 72.0 Å². The minimum atomic E-state index is -4.59. The molecule has 1 saturated heterocycles. The van der Waals surface area contributed by atoms with E-state index in [1.54, 1.807) is 12.3 Å². The van der Waals surface area contributed by atoms with Crippen LogP contribution in [0.4, 0.5) is 11.4 Å². The van der Waals surface area contributed by atoms with Crippen molar-refractivity contribution in [2.24, 2.45) is 23.7 Å². The smallest absolute Gasteiger partial charge is 0.303 e. The first-order valence-electron chi connectivity index (χ1n) is 44.3. The molecule has 0 bridgehead atoms. The molecule has 0 aromatic heterocycles. The predicted octanol–water partition coefficient (Wildman–Crippen LogP) is 7.86. The topological polar surface area (TPSA) is 554 Å². The number of hydrogen-bond donors (Lipinski definition) is 12.